The van der Waals surface area contributed by atoms with Gasteiger partial charge in [0.15, 0.2) is 5.82 Å². The van der Waals surface area contributed by atoms with Crippen molar-refractivity contribution in [2.75, 3.05) is 5.32 Å². The van der Waals surface area contributed by atoms with E-state index in [4.69, 9.17) is 0 Å². The van der Waals surface area contributed by atoms with E-state index in [-0.39, 0.29) is 5.91 Å². The summed E-state index contributed by atoms with van der Waals surface area (Å²) < 4.78 is 2.63. The minimum atomic E-state index is -0.171. The molecule has 1 N–H and O–H groups in total. The summed E-state index contributed by atoms with van der Waals surface area (Å²) in [4.78, 5) is 16.6. The Kier molecular flexibility index (Phi) is 3.96. The predicted octanol–water partition coefficient (Wildman–Crippen LogP) is 3.12. The van der Waals surface area contributed by atoms with E-state index in [2.05, 4.69) is 38.0 Å². The smallest absolute Gasteiger partial charge is 0.255 e. The number of nitrogens with one attached hydrogen (secondary N) is 1. The second-order valence-corrected chi connectivity index (χ2v) is 5.54. The number of rotatable bonds is 3. The van der Waals surface area contributed by atoms with Crippen LogP contribution in [0.4, 0.5) is 5.69 Å². The van der Waals surface area contributed by atoms with E-state index in [1.807, 2.05) is 18.2 Å². The summed E-state index contributed by atoms with van der Waals surface area (Å²) in [5, 5.41) is 7.02. The maximum Gasteiger partial charge on any atom is 0.255 e. The van der Waals surface area contributed by atoms with Gasteiger partial charge in [0.05, 0.1) is 5.69 Å². The van der Waals surface area contributed by atoms with Crippen LogP contribution in [0.25, 0.3) is 5.82 Å². The average Bonchev–Trinajstić information content (AvgIpc) is 3.02. The molecule has 6 heteroatoms. The van der Waals surface area contributed by atoms with Crippen LogP contribution in [0, 0.1) is 3.57 Å². The summed E-state index contributed by atoms with van der Waals surface area (Å²) in [5.74, 6) is 0.413. The molecule has 0 atom stereocenters. The minimum Gasteiger partial charge on any atom is -0.319 e. The number of carbonyl (C=O) groups excluding carboxylic acids is 1. The third-order valence-corrected chi connectivity index (χ3v) is 3.51. The molecule has 3 rings (SSSR count). The Morgan fingerprint density at radius 3 is 2.81 bits per heavy atom. The van der Waals surface area contributed by atoms with E-state index in [1.165, 1.54) is 0 Å². The molecule has 0 unspecified atom stereocenters. The lowest BCUT2D eigenvalue weighted by Crippen LogP contribution is -2.14. The highest BCUT2D eigenvalue weighted by Crippen LogP contribution is 2.17. The largest absolute Gasteiger partial charge is 0.319 e. The summed E-state index contributed by atoms with van der Waals surface area (Å²) in [6.07, 6.45) is 5.11. The van der Waals surface area contributed by atoms with Crippen LogP contribution in [-0.2, 0) is 0 Å². The van der Waals surface area contributed by atoms with Gasteiger partial charge < -0.3 is 5.32 Å². The Bertz CT molecular complexity index is 771. The van der Waals surface area contributed by atoms with Crippen LogP contribution in [0.1, 0.15) is 10.4 Å². The number of pyridine rings is 1. The van der Waals surface area contributed by atoms with Crippen LogP contribution >= 0.6 is 22.6 Å². The van der Waals surface area contributed by atoms with Crippen molar-refractivity contribution in [3.05, 3.63) is 70.2 Å². The molecule has 2 aromatic heterocycles. The molecular formula is C15H11IN4O. The third-order valence-electron chi connectivity index (χ3n) is 2.84. The van der Waals surface area contributed by atoms with Crippen molar-refractivity contribution in [1.29, 1.82) is 0 Å². The van der Waals surface area contributed by atoms with E-state index >= 15 is 0 Å². The molecule has 0 bridgehead atoms. The lowest BCUT2D eigenvalue weighted by atomic mass is 10.2. The van der Waals surface area contributed by atoms with E-state index < -0.39 is 0 Å². The normalized spacial score (nSPS) is 10.3. The zero-order chi connectivity index (χ0) is 14.7. The lowest BCUT2D eigenvalue weighted by molar-refractivity contribution is 0.102. The number of hydrogen-bond donors (Lipinski definition) is 1. The van der Waals surface area contributed by atoms with Crippen molar-refractivity contribution < 1.29 is 4.79 Å². The molecule has 0 aliphatic heterocycles. The van der Waals surface area contributed by atoms with Crippen LogP contribution in [0.2, 0.25) is 0 Å². The fraction of sp³-hybridized carbons (Fsp3) is 0. The second-order valence-electron chi connectivity index (χ2n) is 4.29. The van der Waals surface area contributed by atoms with Crippen LogP contribution in [0.5, 0.6) is 0 Å². The van der Waals surface area contributed by atoms with Gasteiger partial charge in [0.2, 0.25) is 0 Å². The van der Waals surface area contributed by atoms with Gasteiger partial charge in [-0.2, -0.15) is 5.10 Å². The summed E-state index contributed by atoms with van der Waals surface area (Å²) in [7, 11) is 0. The maximum absolute atomic E-state index is 12.3. The molecule has 104 valence electrons. The van der Waals surface area contributed by atoms with Gasteiger partial charge in [0.25, 0.3) is 5.91 Å². The fourth-order valence-electron chi connectivity index (χ4n) is 1.90. The maximum atomic E-state index is 12.3. The minimum absolute atomic E-state index is 0.171. The number of benzene rings is 1. The molecule has 0 radical (unpaired) electrons. The van der Waals surface area contributed by atoms with Crippen LogP contribution in [0.3, 0.4) is 0 Å². The van der Waals surface area contributed by atoms with Crippen molar-refractivity contribution in [3.63, 3.8) is 0 Å². The Labute approximate surface area is 135 Å². The summed E-state index contributed by atoms with van der Waals surface area (Å²) in [5.41, 5.74) is 1.22. The molecule has 2 heterocycles. The number of carbonyl (C=O) groups is 1. The van der Waals surface area contributed by atoms with Gasteiger partial charge in [-0.15, -0.1) is 0 Å². The van der Waals surface area contributed by atoms with Gasteiger partial charge in [-0.05, 0) is 59.0 Å². The molecule has 0 aliphatic rings. The molecule has 0 aliphatic carbocycles. The van der Waals surface area contributed by atoms with E-state index in [1.54, 1.807) is 47.5 Å². The zero-order valence-corrected chi connectivity index (χ0v) is 13.1. The Morgan fingerprint density at radius 1 is 1.14 bits per heavy atom. The quantitative estimate of drug-likeness (QED) is 0.700. The van der Waals surface area contributed by atoms with Crippen molar-refractivity contribution in [3.8, 4) is 5.82 Å². The first-order valence-electron chi connectivity index (χ1n) is 6.26. The van der Waals surface area contributed by atoms with E-state index in [0.29, 0.717) is 17.1 Å². The van der Waals surface area contributed by atoms with Gasteiger partial charge in [-0.25, -0.2) is 9.67 Å². The standard InChI is InChI=1S/C15H11IN4O/c16-12-5-1-4-11(10-12)15(21)19-13-6-2-7-17-14(13)20-9-3-8-18-20/h1-10H,(H,19,21). The average molecular weight is 390 g/mol. The monoisotopic (exact) mass is 390 g/mol. The molecule has 0 saturated carbocycles. The van der Waals surface area contributed by atoms with Crippen molar-refractivity contribution >= 4 is 34.2 Å². The SMILES string of the molecule is O=C(Nc1cccnc1-n1cccn1)c1cccc(I)c1. The zero-order valence-electron chi connectivity index (χ0n) is 10.9. The molecule has 0 spiro atoms. The Morgan fingerprint density at radius 2 is 2.05 bits per heavy atom. The van der Waals surface area contributed by atoms with Gasteiger partial charge in [0, 0.05) is 27.7 Å². The molecule has 0 saturated heterocycles. The predicted molar refractivity (Wildman–Crippen MR) is 88.5 cm³/mol. The van der Waals surface area contributed by atoms with Crippen LogP contribution < -0.4 is 5.32 Å². The molecule has 5 nitrogen and oxygen atoms in total. The lowest BCUT2D eigenvalue weighted by Gasteiger charge is -2.10. The fourth-order valence-corrected chi connectivity index (χ4v) is 2.44. The summed E-state index contributed by atoms with van der Waals surface area (Å²) in [6.45, 7) is 0. The van der Waals surface area contributed by atoms with Gasteiger partial charge in [-0.3, -0.25) is 4.79 Å². The van der Waals surface area contributed by atoms with Crippen LogP contribution in [0.15, 0.2) is 61.1 Å². The first kappa shape index (κ1) is 13.7. The van der Waals surface area contributed by atoms with Gasteiger partial charge in [-0.1, -0.05) is 6.07 Å². The first-order valence-corrected chi connectivity index (χ1v) is 7.34. The third kappa shape index (κ3) is 3.10. The van der Waals surface area contributed by atoms with E-state index in [0.717, 1.165) is 3.57 Å². The first-order chi connectivity index (χ1) is 10.2. The van der Waals surface area contributed by atoms with Gasteiger partial charge >= 0.3 is 0 Å². The molecule has 0 fully saturated rings. The molecular weight excluding hydrogens is 379 g/mol. The number of amides is 1. The number of anilines is 1. The molecule has 3 aromatic rings. The van der Waals surface area contributed by atoms with E-state index in [9.17, 15) is 4.79 Å². The second kappa shape index (κ2) is 6.04. The highest BCUT2D eigenvalue weighted by atomic mass is 127. The summed E-state index contributed by atoms with van der Waals surface area (Å²) in [6, 6.07) is 12.8. The highest BCUT2D eigenvalue weighted by molar-refractivity contribution is 14.1. The molecule has 21 heavy (non-hydrogen) atoms. The Hall–Kier alpha value is -2.22. The number of nitrogens with zero attached hydrogens (tertiary/aromatic N) is 3. The number of halogens is 1. The van der Waals surface area contributed by atoms with Crippen molar-refractivity contribution in [2.24, 2.45) is 0 Å². The van der Waals surface area contributed by atoms with Crippen LogP contribution in [-0.4, -0.2) is 20.7 Å². The highest BCUT2D eigenvalue weighted by Gasteiger charge is 2.11. The molecule has 1 amide bonds. The van der Waals surface area contributed by atoms with Gasteiger partial charge in [0.1, 0.15) is 0 Å². The number of aromatic nitrogens is 3. The number of hydrogen-bond acceptors (Lipinski definition) is 3. The van der Waals surface area contributed by atoms with Crippen molar-refractivity contribution in [1.82, 2.24) is 14.8 Å². The topological polar surface area (TPSA) is 59.8 Å². The Balaban J connectivity index is 1.90. The molecule has 1 aromatic carbocycles. The van der Waals surface area contributed by atoms with Crippen molar-refractivity contribution in [2.45, 2.75) is 0 Å². The summed E-state index contributed by atoms with van der Waals surface area (Å²) >= 11 is 2.18.